The Bertz CT molecular complexity index is 1440. The van der Waals surface area contributed by atoms with Gasteiger partial charge in [0.2, 0.25) is 0 Å². The molecule has 0 saturated heterocycles. The molecule has 4 aromatic carbocycles. The number of allylic oxidation sites excluding steroid dienone is 4. The minimum atomic E-state index is 0. The van der Waals surface area contributed by atoms with Gasteiger partial charge in [-0.1, -0.05) is 98.8 Å². The van der Waals surface area contributed by atoms with Crippen LogP contribution in [-0.2, 0) is 5.41 Å². The second-order valence-corrected chi connectivity index (χ2v) is 9.84. The molecule has 34 heavy (non-hydrogen) atoms. The van der Waals surface area contributed by atoms with E-state index in [2.05, 4.69) is 128 Å². The third kappa shape index (κ3) is 3.49. The van der Waals surface area contributed by atoms with Crippen LogP contribution in [0.5, 0.6) is 0 Å². The number of hydrogen-bond donors (Lipinski definition) is 1. The Balaban J connectivity index is 0.00000253. The number of hydrogen-bond acceptors (Lipinski definition) is 1. The highest BCUT2D eigenvalue weighted by Crippen LogP contribution is 2.53. The van der Waals surface area contributed by atoms with E-state index in [-0.39, 0.29) is 6.84 Å². The number of nitrogens with one attached hydrogen (secondary N) is 1. The maximum absolute atomic E-state index is 3.64. The molecule has 0 amide bonds. The summed E-state index contributed by atoms with van der Waals surface area (Å²) in [5.74, 6) is 0. The van der Waals surface area contributed by atoms with Crippen LogP contribution in [0.15, 0.2) is 115 Å². The molecule has 1 N–H and O–H groups in total. The molecule has 0 spiro atoms. The summed E-state index contributed by atoms with van der Waals surface area (Å²) in [6.07, 6.45) is 6.98. The van der Waals surface area contributed by atoms with Crippen molar-refractivity contribution in [1.82, 2.24) is 0 Å². The molecule has 0 aromatic heterocycles. The van der Waals surface area contributed by atoms with Gasteiger partial charge in [-0.2, -0.15) is 0 Å². The first kappa shape index (κ1) is 20.7. The molecule has 0 fully saturated rings. The number of benzene rings is 4. The highest BCUT2D eigenvalue weighted by Gasteiger charge is 2.38. The minimum absolute atomic E-state index is 0. The van der Waals surface area contributed by atoms with E-state index < -0.39 is 0 Å². The predicted octanol–water partition coefficient (Wildman–Crippen LogP) is 9.40. The summed E-state index contributed by atoms with van der Waals surface area (Å²) in [5, 5.41) is 3.64. The molecule has 0 heterocycles. The highest BCUT2D eigenvalue weighted by molar-refractivity contribution is 5.89. The lowest BCUT2D eigenvalue weighted by Gasteiger charge is -2.26. The van der Waals surface area contributed by atoms with Crippen LogP contribution < -0.4 is 5.32 Å². The fourth-order valence-corrected chi connectivity index (χ4v) is 5.72. The monoisotopic (exact) mass is 441 g/mol. The van der Waals surface area contributed by atoms with E-state index in [0.717, 1.165) is 24.2 Å². The smallest absolute Gasteiger partial charge is 0.0390 e. The van der Waals surface area contributed by atoms with Crippen LogP contribution in [0.3, 0.4) is 0 Å². The van der Waals surface area contributed by atoms with Crippen LogP contribution in [0.25, 0.3) is 27.8 Å². The standard InChI is InChI=1S/C33H29N.H2/c1-33(2)31-20-7-6-17-29(31)30-19-10-18-28(32(30)33)25-14-9-16-27(22-25)34-26-15-8-13-24(21-26)23-11-4-3-5-12-23;/h3-5,7-16,18-22,34H,6,17H2,1-2H3;1H. The molecule has 1 nitrogen and oxygen atoms in total. The fourth-order valence-electron chi connectivity index (χ4n) is 5.72. The van der Waals surface area contributed by atoms with Gasteiger partial charge in [0.1, 0.15) is 0 Å². The van der Waals surface area contributed by atoms with Gasteiger partial charge in [0.15, 0.2) is 0 Å². The van der Waals surface area contributed by atoms with Crippen molar-refractivity contribution >= 4 is 16.9 Å². The van der Waals surface area contributed by atoms with Crippen molar-refractivity contribution in [3.05, 3.63) is 126 Å². The summed E-state index contributed by atoms with van der Waals surface area (Å²) in [4.78, 5) is 0. The molecule has 0 radical (unpaired) electrons. The molecule has 0 bridgehead atoms. The van der Waals surface area contributed by atoms with Crippen LogP contribution in [0.1, 0.15) is 39.2 Å². The van der Waals surface area contributed by atoms with Crippen LogP contribution >= 0.6 is 0 Å². The van der Waals surface area contributed by atoms with Gasteiger partial charge in [-0.15, -0.1) is 0 Å². The summed E-state index contributed by atoms with van der Waals surface area (Å²) >= 11 is 0. The molecule has 2 aliphatic rings. The van der Waals surface area contributed by atoms with E-state index in [9.17, 15) is 0 Å². The van der Waals surface area contributed by atoms with Crippen molar-refractivity contribution in [2.24, 2.45) is 0 Å². The highest BCUT2D eigenvalue weighted by atomic mass is 14.9. The minimum Gasteiger partial charge on any atom is -0.355 e. The maximum atomic E-state index is 3.64. The SMILES string of the molecule is CC1(C)C2=C(CCC=C2)c2cccc(-c3cccc(Nc4cccc(-c5ccccc5)c4)c3)c21.[HH]. The average Bonchev–Trinajstić information content (AvgIpc) is 3.12. The molecule has 0 atom stereocenters. The Hall–Kier alpha value is -3.84. The summed E-state index contributed by atoms with van der Waals surface area (Å²) in [6.45, 7) is 4.76. The summed E-state index contributed by atoms with van der Waals surface area (Å²) in [7, 11) is 0. The Labute approximate surface area is 204 Å². The van der Waals surface area contributed by atoms with Crippen molar-refractivity contribution in [2.45, 2.75) is 32.1 Å². The summed E-state index contributed by atoms with van der Waals surface area (Å²) < 4.78 is 0. The zero-order valence-electron chi connectivity index (χ0n) is 19.8. The van der Waals surface area contributed by atoms with Gasteiger partial charge in [-0.05, 0) is 81.6 Å². The van der Waals surface area contributed by atoms with Crippen molar-refractivity contribution in [3.63, 3.8) is 0 Å². The van der Waals surface area contributed by atoms with Crippen molar-refractivity contribution in [1.29, 1.82) is 0 Å². The third-order valence-electron chi connectivity index (χ3n) is 7.29. The van der Waals surface area contributed by atoms with E-state index in [0.29, 0.717) is 0 Å². The van der Waals surface area contributed by atoms with E-state index in [1.54, 1.807) is 0 Å². The Morgan fingerprint density at radius 1 is 0.676 bits per heavy atom. The van der Waals surface area contributed by atoms with Crippen LogP contribution in [0, 0.1) is 0 Å². The molecular weight excluding hydrogens is 410 g/mol. The van der Waals surface area contributed by atoms with Crippen LogP contribution in [0.4, 0.5) is 11.4 Å². The second-order valence-electron chi connectivity index (χ2n) is 9.84. The Morgan fingerprint density at radius 2 is 1.32 bits per heavy atom. The molecule has 1 heteroatoms. The van der Waals surface area contributed by atoms with Gasteiger partial charge in [0.25, 0.3) is 0 Å². The van der Waals surface area contributed by atoms with Gasteiger partial charge < -0.3 is 5.32 Å². The lowest BCUT2D eigenvalue weighted by Crippen LogP contribution is -2.17. The molecule has 168 valence electrons. The lowest BCUT2D eigenvalue weighted by molar-refractivity contribution is 0.653. The Morgan fingerprint density at radius 3 is 2.12 bits per heavy atom. The zero-order valence-corrected chi connectivity index (χ0v) is 19.8. The van der Waals surface area contributed by atoms with Crippen LogP contribution in [0.2, 0.25) is 0 Å². The van der Waals surface area contributed by atoms with E-state index >= 15 is 0 Å². The molecule has 4 aromatic rings. The molecule has 6 rings (SSSR count). The van der Waals surface area contributed by atoms with Gasteiger partial charge in [-0.25, -0.2) is 0 Å². The van der Waals surface area contributed by atoms with Crippen LogP contribution in [-0.4, -0.2) is 0 Å². The quantitative estimate of drug-likeness (QED) is 0.332. The van der Waals surface area contributed by atoms with Gasteiger partial charge in [0, 0.05) is 18.2 Å². The maximum Gasteiger partial charge on any atom is 0.0390 e. The van der Waals surface area contributed by atoms with Crippen molar-refractivity contribution < 1.29 is 1.43 Å². The fraction of sp³-hybridized carbons (Fsp3) is 0.152. The van der Waals surface area contributed by atoms with Crippen molar-refractivity contribution in [3.8, 4) is 22.3 Å². The van der Waals surface area contributed by atoms with Gasteiger partial charge in [0.05, 0.1) is 0 Å². The van der Waals surface area contributed by atoms with E-state index in [1.165, 1.54) is 44.5 Å². The summed E-state index contributed by atoms with van der Waals surface area (Å²) in [5.41, 5.74) is 13.2. The first-order valence-corrected chi connectivity index (χ1v) is 12.2. The van der Waals surface area contributed by atoms with Crippen molar-refractivity contribution in [2.75, 3.05) is 5.32 Å². The molecule has 2 aliphatic carbocycles. The van der Waals surface area contributed by atoms with E-state index in [4.69, 9.17) is 0 Å². The lowest BCUT2D eigenvalue weighted by atomic mass is 9.77. The van der Waals surface area contributed by atoms with Gasteiger partial charge >= 0.3 is 0 Å². The summed E-state index contributed by atoms with van der Waals surface area (Å²) in [6, 6.07) is 34.8. The largest absolute Gasteiger partial charge is 0.355 e. The predicted molar refractivity (Wildman–Crippen MR) is 147 cm³/mol. The third-order valence-corrected chi connectivity index (χ3v) is 7.29. The van der Waals surface area contributed by atoms with E-state index in [1.807, 2.05) is 0 Å². The Kier molecular flexibility index (Phi) is 4.99. The molecule has 0 unspecified atom stereocenters. The first-order valence-electron chi connectivity index (χ1n) is 12.2. The normalized spacial score (nSPS) is 15.7. The first-order chi connectivity index (χ1) is 16.6. The topological polar surface area (TPSA) is 12.0 Å². The number of rotatable bonds is 4. The zero-order chi connectivity index (χ0) is 23.1. The second kappa shape index (κ2) is 8.18. The average molecular weight is 442 g/mol. The number of anilines is 2. The van der Waals surface area contributed by atoms with Gasteiger partial charge in [-0.3, -0.25) is 0 Å². The molecule has 0 saturated carbocycles. The number of fused-ring (bicyclic) bond motifs is 2. The molecule has 0 aliphatic heterocycles. The molecular formula is C33H31N.